The lowest BCUT2D eigenvalue weighted by molar-refractivity contribution is -0.139. The average molecular weight is 335 g/mol. The molecule has 0 atom stereocenters. The van der Waals surface area contributed by atoms with Gasteiger partial charge in [0.25, 0.3) is 5.91 Å². The molecular formula is C21H21NO3. The molecule has 0 bridgehead atoms. The third-order valence-corrected chi connectivity index (χ3v) is 4.34. The molecule has 0 N–H and O–H groups in total. The number of esters is 1. The van der Waals surface area contributed by atoms with Crippen LogP contribution in [0.5, 0.6) is 0 Å². The van der Waals surface area contributed by atoms with Gasteiger partial charge in [-0.05, 0) is 29.2 Å². The number of nitrogens with zero attached hydrogens (tertiary/aromatic N) is 1. The van der Waals surface area contributed by atoms with Crippen LogP contribution in [0.4, 0.5) is 0 Å². The summed E-state index contributed by atoms with van der Waals surface area (Å²) in [6.45, 7) is 1.05. The van der Waals surface area contributed by atoms with Gasteiger partial charge >= 0.3 is 5.97 Å². The molecule has 1 amide bonds. The molecule has 0 aromatic heterocycles. The van der Waals surface area contributed by atoms with Crippen molar-refractivity contribution in [2.24, 2.45) is 0 Å². The van der Waals surface area contributed by atoms with Crippen LogP contribution < -0.4 is 0 Å². The SMILES string of the molecule is COC(=O)CC1=Cc2ccccc2C(=O)N(CCc2ccccc2)C1. The summed E-state index contributed by atoms with van der Waals surface area (Å²) in [5, 5.41) is 0. The first-order valence-electron chi connectivity index (χ1n) is 8.36. The zero-order valence-electron chi connectivity index (χ0n) is 14.3. The van der Waals surface area contributed by atoms with Crippen molar-refractivity contribution in [3.63, 3.8) is 0 Å². The number of benzene rings is 2. The summed E-state index contributed by atoms with van der Waals surface area (Å²) < 4.78 is 4.79. The Labute approximate surface area is 147 Å². The fraction of sp³-hybridized carbons (Fsp3) is 0.238. The van der Waals surface area contributed by atoms with Crippen molar-refractivity contribution in [2.75, 3.05) is 20.2 Å². The number of rotatable bonds is 5. The molecule has 2 aromatic rings. The molecule has 0 spiro atoms. The Balaban J connectivity index is 1.84. The second kappa shape index (κ2) is 7.79. The maximum absolute atomic E-state index is 12.9. The largest absolute Gasteiger partial charge is 0.469 e. The third-order valence-electron chi connectivity index (χ3n) is 4.34. The summed E-state index contributed by atoms with van der Waals surface area (Å²) in [6, 6.07) is 17.6. The second-order valence-electron chi connectivity index (χ2n) is 6.11. The molecule has 3 rings (SSSR count). The van der Waals surface area contributed by atoms with Crippen LogP contribution in [0.25, 0.3) is 6.08 Å². The summed E-state index contributed by atoms with van der Waals surface area (Å²) in [4.78, 5) is 26.5. The van der Waals surface area contributed by atoms with Crippen LogP contribution in [-0.4, -0.2) is 37.0 Å². The maximum Gasteiger partial charge on any atom is 0.309 e. The predicted molar refractivity (Wildman–Crippen MR) is 97.1 cm³/mol. The minimum absolute atomic E-state index is 0.00245. The first kappa shape index (κ1) is 17.0. The van der Waals surface area contributed by atoms with Gasteiger partial charge in [-0.2, -0.15) is 0 Å². The lowest BCUT2D eigenvalue weighted by atomic mass is 10.0. The Bertz CT molecular complexity index is 796. The molecule has 1 aliphatic heterocycles. The lowest BCUT2D eigenvalue weighted by Crippen LogP contribution is -2.34. The Morgan fingerprint density at radius 1 is 1.08 bits per heavy atom. The quantitative estimate of drug-likeness (QED) is 0.788. The molecule has 2 aromatic carbocycles. The van der Waals surface area contributed by atoms with Gasteiger partial charge in [0.15, 0.2) is 0 Å². The molecule has 25 heavy (non-hydrogen) atoms. The van der Waals surface area contributed by atoms with E-state index in [4.69, 9.17) is 4.74 Å². The van der Waals surface area contributed by atoms with Crippen molar-refractivity contribution < 1.29 is 14.3 Å². The van der Waals surface area contributed by atoms with Crippen molar-refractivity contribution in [1.82, 2.24) is 4.90 Å². The predicted octanol–water partition coefficient (Wildman–Crippen LogP) is 3.33. The Morgan fingerprint density at radius 3 is 2.56 bits per heavy atom. The molecule has 1 aliphatic rings. The second-order valence-corrected chi connectivity index (χ2v) is 6.11. The zero-order chi connectivity index (χ0) is 17.6. The first-order valence-corrected chi connectivity index (χ1v) is 8.36. The van der Waals surface area contributed by atoms with Gasteiger partial charge in [-0.25, -0.2) is 0 Å². The van der Waals surface area contributed by atoms with E-state index in [1.54, 1.807) is 0 Å². The number of methoxy groups -OCH3 is 1. The van der Waals surface area contributed by atoms with Gasteiger partial charge in [0, 0.05) is 18.7 Å². The van der Waals surface area contributed by atoms with E-state index in [2.05, 4.69) is 12.1 Å². The monoisotopic (exact) mass is 335 g/mol. The van der Waals surface area contributed by atoms with Crippen molar-refractivity contribution in [2.45, 2.75) is 12.8 Å². The maximum atomic E-state index is 12.9. The summed E-state index contributed by atoms with van der Waals surface area (Å²) in [7, 11) is 1.38. The summed E-state index contributed by atoms with van der Waals surface area (Å²) >= 11 is 0. The van der Waals surface area contributed by atoms with Crippen molar-refractivity contribution in [1.29, 1.82) is 0 Å². The number of amides is 1. The van der Waals surface area contributed by atoms with Crippen molar-refractivity contribution in [3.8, 4) is 0 Å². The summed E-state index contributed by atoms with van der Waals surface area (Å²) in [5.41, 5.74) is 3.61. The molecule has 0 aliphatic carbocycles. The minimum atomic E-state index is -0.291. The van der Waals surface area contributed by atoms with Gasteiger partial charge in [0.05, 0.1) is 13.5 Å². The molecule has 0 fully saturated rings. The first-order chi connectivity index (χ1) is 12.2. The van der Waals surface area contributed by atoms with Crippen molar-refractivity contribution >= 4 is 18.0 Å². The van der Waals surface area contributed by atoms with E-state index in [1.807, 2.05) is 53.4 Å². The Kier molecular flexibility index (Phi) is 5.29. The molecule has 0 unspecified atom stereocenters. The molecule has 4 heteroatoms. The summed E-state index contributed by atoms with van der Waals surface area (Å²) in [5.74, 6) is -0.288. The van der Waals surface area contributed by atoms with Crippen molar-refractivity contribution in [3.05, 3.63) is 76.9 Å². The van der Waals surface area contributed by atoms with Crippen LogP contribution in [0.3, 0.4) is 0 Å². The highest BCUT2D eigenvalue weighted by Crippen LogP contribution is 2.23. The van der Waals surface area contributed by atoms with E-state index in [1.165, 1.54) is 12.7 Å². The Hall–Kier alpha value is -2.88. The zero-order valence-corrected chi connectivity index (χ0v) is 14.3. The fourth-order valence-corrected chi connectivity index (χ4v) is 3.02. The number of carbonyl (C=O) groups excluding carboxylic acids is 2. The lowest BCUT2D eigenvalue weighted by Gasteiger charge is -2.22. The van der Waals surface area contributed by atoms with Gasteiger partial charge in [-0.15, -0.1) is 0 Å². The van der Waals surface area contributed by atoms with Crippen LogP contribution >= 0.6 is 0 Å². The molecule has 0 radical (unpaired) electrons. The van der Waals surface area contributed by atoms with E-state index in [0.29, 0.717) is 18.7 Å². The third kappa shape index (κ3) is 4.15. The average Bonchev–Trinajstić information content (AvgIpc) is 2.77. The van der Waals surface area contributed by atoms with E-state index in [0.717, 1.165) is 17.6 Å². The number of hydrogen-bond acceptors (Lipinski definition) is 3. The van der Waals surface area contributed by atoms with Crippen LogP contribution in [0, 0.1) is 0 Å². The molecule has 0 saturated carbocycles. The van der Waals surface area contributed by atoms with Crippen LogP contribution in [-0.2, 0) is 16.0 Å². The van der Waals surface area contributed by atoms with E-state index in [-0.39, 0.29) is 18.3 Å². The topological polar surface area (TPSA) is 46.6 Å². The number of hydrogen-bond donors (Lipinski definition) is 0. The fourth-order valence-electron chi connectivity index (χ4n) is 3.02. The molecular weight excluding hydrogens is 314 g/mol. The van der Waals surface area contributed by atoms with Gasteiger partial charge in [-0.1, -0.05) is 54.6 Å². The van der Waals surface area contributed by atoms with Crippen LogP contribution in [0.1, 0.15) is 27.9 Å². The smallest absolute Gasteiger partial charge is 0.309 e. The van der Waals surface area contributed by atoms with E-state index in [9.17, 15) is 9.59 Å². The Morgan fingerprint density at radius 2 is 1.80 bits per heavy atom. The summed E-state index contributed by atoms with van der Waals surface area (Å²) in [6.07, 6.45) is 2.91. The van der Waals surface area contributed by atoms with Gasteiger partial charge in [0.1, 0.15) is 0 Å². The number of fused-ring (bicyclic) bond motifs is 1. The standard InChI is InChI=1S/C21H21NO3/c1-25-20(23)14-17-13-18-9-5-6-10-19(18)21(24)22(15-17)12-11-16-7-3-2-4-8-16/h2-10,13H,11-12,14-15H2,1H3. The molecule has 1 heterocycles. The molecule has 0 saturated heterocycles. The van der Waals surface area contributed by atoms with E-state index >= 15 is 0 Å². The minimum Gasteiger partial charge on any atom is -0.469 e. The van der Waals surface area contributed by atoms with Gasteiger partial charge < -0.3 is 9.64 Å². The van der Waals surface area contributed by atoms with Gasteiger partial charge in [-0.3, -0.25) is 9.59 Å². The number of carbonyl (C=O) groups is 2. The van der Waals surface area contributed by atoms with E-state index < -0.39 is 0 Å². The molecule has 128 valence electrons. The highest BCUT2D eigenvalue weighted by atomic mass is 16.5. The van der Waals surface area contributed by atoms with Crippen LogP contribution in [0.15, 0.2) is 60.2 Å². The highest BCUT2D eigenvalue weighted by Gasteiger charge is 2.23. The van der Waals surface area contributed by atoms with Crippen LogP contribution in [0.2, 0.25) is 0 Å². The molecule has 4 nitrogen and oxygen atoms in total. The highest BCUT2D eigenvalue weighted by molar-refractivity contribution is 5.99. The number of ether oxygens (including phenoxy) is 1. The normalized spacial score (nSPS) is 13.7. The van der Waals surface area contributed by atoms with Gasteiger partial charge in [0.2, 0.25) is 0 Å².